The lowest BCUT2D eigenvalue weighted by atomic mass is 9.81. The highest BCUT2D eigenvalue weighted by molar-refractivity contribution is 5.70. The average Bonchev–Trinajstić information content (AvgIpc) is 2.39. The van der Waals surface area contributed by atoms with Crippen molar-refractivity contribution in [3.05, 3.63) is 41.5 Å². The Morgan fingerprint density at radius 2 is 1.71 bits per heavy atom. The fraction of sp³-hybridized carbons (Fsp3) is 0.500. The number of amides is 1. The summed E-state index contributed by atoms with van der Waals surface area (Å²) in [4.78, 5) is 13.5. The summed E-state index contributed by atoms with van der Waals surface area (Å²) in [6, 6.07) is 5.01. The number of carbonyl (C=O) groups is 1. The summed E-state index contributed by atoms with van der Waals surface area (Å²) in [5.74, 6) is 0. The molecule has 0 spiro atoms. The molecule has 24 heavy (non-hydrogen) atoms. The van der Waals surface area contributed by atoms with E-state index in [-0.39, 0.29) is 11.5 Å². The van der Waals surface area contributed by atoms with Crippen molar-refractivity contribution in [1.29, 1.82) is 0 Å². The molecular weight excluding hydrogens is 319 g/mol. The first-order valence-electron chi connectivity index (χ1n) is 7.72. The van der Waals surface area contributed by atoms with Crippen molar-refractivity contribution in [3.63, 3.8) is 0 Å². The van der Waals surface area contributed by atoms with Crippen LogP contribution in [-0.4, -0.2) is 29.7 Å². The van der Waals surface area contributed by atoms with Gasteiger partial charge >= 0.3 is 12.3 Å². The molecule has 0 saturated carbocycles. The predicted molar refractivity (Wildman–Crippen MR) is 86.4 cm³/mol. The molecule has 2 rings (SSSR count). The van der Waals surface area contributed by atoms with Crippen LogP contribution < -0.4 is 0 Å². The van der Waals surface area contributed by atoms with Gasteiger partial charge in [-0.25, -0.2) is 4.79 Å². The number of halogens is 3. The highest BCUT2D eigenvalue weighted by Gasteiger charge is 2.41. The van der Waals surface area contributed by atoms with E-state index in [9.17, 15) is 18.0 Å². The van der Waals surface area contributed by atoms with Crippen molar-refractivity contribution >= 4 is 12.2 Å². The second kappa shape index (κ2) is 6.15. The van der Waals surface area contributed by atoms with Crippen molar-refractivity contribution in [3.8, 4) is 0 Å². The number of nitrogens with zero attached hydrogens (tertiary/aromatic N) is 1. The predicted octanol–water partition coefficient (Wildman–Crippen LogP) is 4.98. The minimum atomic E-state index is -4.32. The molecule has 0 atom stereocenters. The summed E-state index contributed by atoms with van der Waals surface area (Å²) in [6.45, 7) is 8.49. The van der Waals surface area contributed by atoms with E-state index in [4.69, 9.17) is 4.74 Å². The van der Waals surface area contributed by atoms with Crippen LogP contribution in [0.1, 0.15) is 38.8 Å². The summed E-state index contributed by atoms with van der Waals surface area (Å²) < 4.78 is 42.9. The Labute approximate surface area is 140 Å². The Balaban J connectivity index is 1.93. The second-order valence-corrected chi connectivity index (χ2v) is 7.44. The largest absolute Gasteiger partial charge is 0.444 e. The molecule has 6 heteroatoms. The Kier molecular flexibility index (Phi) is 4.70. The molecule has 1 aromatic carbocycles. The molecule has 0 N–H and O–H groups in total. The molecule has 1 amide bonds. The number of likely N-dealkylation sites (tertiary alicyclic amines) is 1. The third-order valence-electron chi connectivity index (χ3n) is 3.67. The van der Waals surface area contributed by atoms with Gasteiger partial charge in [-0.15, -0.1) is 0 Å². The first kappa shape index (κ1) is 18.4. The minimum Gasteiger partial charge on any atom is -0.444 e. The SMILES string of the molecule is CC1(C=Cc2ccc(C(F)(F)F)cc2)CN(C(=O)OC(C)(C)C)C1. The molecule has 1 aliphatic rings. The quantitative estimate of drug-likeness (QED) is 0.759. The zero-order valence-corrected chi connectivity index (χ0v) is 14.3. The van der Waals surface area contributed by atoms with Crippen LogP contribution in [-0.2, 0) is 10.9 Å². The van der Waals surface area contributed by atoms with Crippen molar-refractivity contribution in [1.82, 2.24) is 4.90 Å². The molecule has 1 aromatic rings. The molecule has 1 aliphatic heterocycles. The van der Waals surface area contributed by atoms with Gasteiger partial charge in [0.1, 0.15) is 5.60 Å². The van der Waals surface area contributed by atoms with Crippen LogP contribution >= 0.6 is 0 Å². The maximum atomic E-state index is 12.5. The lowest BCUT2D eigenvalue weighted by Crippen LogP contribution is -2.57. The average molecular weight is 341 g/mol. The van der Waals surface area contributed by atoms with E-state index in [2.05, 4.69) is 0 Å². The standard InChI is InChI=1S/C18H22F3NO2/c1-16(2,3)24-15(23)22-11-17(4,12-22)10-9-13-5-7-14(8-6-13)18(19,20)21/h5-10H,11-12H2,1-4H3. The lowest BCUT2D eigenvalue weighted by molar-refractivity contribution is -0.137. The summed E-state index contributed by atoms with van der Waals surface area (Å²) in [5.41, 5.74) is -0.691. The molecule has 3 nitrogen and oxygen atoms in total. The second-order valence-electron chi connectivity index (χ2n) is 7.44. The van der Waals surface area contributed by atoms with Gasteiger partial charge in [0.2, 0.25) is 0 Å². The van der Waals surface area contributed by atoms with E-state index in [1.807, 2.05) is 33.8 Å². The van der Waals surface area contributed by atoms with E-state index in [0.717, 1.165) is 12.1 Å². The maximum Gasteiger partial charge on any atom is 0.416 e. The smallest absolute Gasteiger partial charge is 0.416 e. The molecule has 0 aliphatic carbocycles. The number of carbonyl (C=O) groups excluding carboxylic acids is 1. The molecule has 0 aromatic heterocycles. The van der Waals surface area contributed by atoms with Crippen LogP contribution in [0.25, 0.3) is 6.08 Å². The fourth-order valence-corrected chi connectivity index (χ4v) is 2.47. The van der Waals surface area contributed by atoms with Gasteiger partial charge in [-0.3, -0.25) is 0 Å². The van der Waals surface area contributed by atoms with E-state index in [1.54, 1.807) is 11.0 Å². The van der Waals surface area contributed by atoms with Gasteiger partial charge in [0.05, 0.1) is 5.56 Å². The van der Waals surface area contributed by atoms with Gasteiger partial charge in [-0.05, 0) is 38.5 Å². The maximum absolute atomic E-state index is 12.5. The molecule has 1 fully saturated rings. The van der Waals surface area contributed by atoms with Crippen LogP contribution in [0.2, 0.25) is 0 Å². The van der Waals surface area contributed by atoms with E-state index >= 15 is 0 Å². The van der Waals surface area contributed by atoms with Crippen LogP contribution in [0.3, 0.4) is 0 Å². The number of alkyl halides is 3. The van der Waals surface area contributed by atoms with Crippen LogP contribution in [0.5, 0.6) is 0 Å². The van der Waals surface area contributed by atoms with Gasteiger partial charge in [0, 0.05) is 18.5 Å². The Morgan fingerprint density at radius 1 is 1.17 bits per heavy atom. The normalized spacial score (nSPS) is 17.7. The third-order valence-corrected chi connectivity index (χ3v) is 3.67. The van der Waals surface area contributed by atoms with Gasteiger partial charge in [-0.2, -0.15) is 13.2 Å². The molecule has 1 heterocycles. The van der Waals surface area contributed by atoms with Gasteiger partial charge in [-0.1, -0.05) is 31.2 Å². The molecule has 0 radical (unpaired) electrons. The first-order valence-corrected chi connectivity index (χ1v) is 7.72. The summed E-state index contributed by atoms with van der Waals surface area (Å²) in [7, 11) is 0. The van der Waals surface area contributed by atoms with Crippen molar-refractivity contribution in [2.75, 3.05) is 13.1 Å². The van der Waals surface area contributed by atoms with Gasteiger partial charge in [0.25, 0.3) is 0 Å². The van der Waals surface area contributed by atoms with Crippen LogP contribution in [0.4, 0.5) is 18.0 Å². The zero-order valence-electron chi connectivity index (χ0n) is 14.3. The topological polar surface area (TPSA) is 29.5 Å². The lowest BCUT2D eigenvalue weighted by Gasteiger charge is -2.46. The Bertz CT molecular complexity index is 621. The van der Waals surface area contributed by atoms with Crippen molar-refractivity contribution in [2.45, 2.75) is 39.5 Å². The molecular formula is C18H22F3NO2. The number of rotatable bonds is 2. The van der Waals surface area contributed by atoms with Gasteiger partial charge < -0.3 is 9.64 Å². The van der Waals surface area contributed by atoms with Crippen LogP contribution in [0, 0.1) is 5.41 Å². The fourth-order valence-electron chi connectivity index (χ4n) is 2.47. The first-order chi connectivity index (χ1) is 10.9. The highest BCUT2D eigenvalue weighted by atomic mass is 19.4. The third kappa shape index (κ3) is 4.76. The summed E-state index contributed by atoms with van der Waals surface area (Å²) >= 11 is 0. The van der Waals surface area contributed by atoms with Crippen molar-refractivity contribution in [2.24, 2.45) is 5.41 Å². The van der Waals surface area contributed by atoms with E-state index in [0.29, 0.717) is 18.7 Å². The number of hydrogen-bond acceptors (Lipinski definition) is 2. The summed E-state index contributed by atoms with van der Waals surface area (Å²) in [6.07, 6.45) is -0.956. The Hall–Kier alpha value is -1.98. The zero-order chi connectivity index (χ0) is 18.2. The Morgan fingerprint density at radius 3 is 2.17 bits per heavy atom. The van der Waals surface area contributed by atoms with E-state index < -0.39 is 17.3 Å². The molecule has 1 saturated heterocycles. The number of ether oxygens (including phenoxy) is 1. The molecule has 132 valence electrons. The monoisotopic (exact) mass is 341 g/mol. The molecule has 0 unspecified atom stereocenters. The molecule has 0 bridgehead atoms. The van der Waals surface area contributed by atoms with E-state index in [1.165, 1.54) is 12.1 Å². The minimum absolute atomic E-state index is 0.195. The number of benzene rings is 1. The van der Waals surface area contributed by atoms with Crippen molar-refractivity contribution < 1.29 is 22.7 Å². The number of hydrogen-bond donors (Lipinski definition) is 0. The van der Waals surface area contributed by atoms with Crippen LogP contribution in [0.15, 0.2) is 30.3 Å². The summed E-state index contributed by atoms with van der Waals surface area (Å²) in [5, 5.41) is 0. The van der Waals surface area contributed by atoms with Gasteiger partial charge in [0.15, 0.2) is 0 Å². The highest BCUT2D eigenvalue weighted by Crippen LogP contribution is 2.34.